The zero-order chi connectivity index (χ0) is 11.5. The van der Waals surface area contributed by atoms with Crippen LogP contribution in [0.4, 0.5) is 0 Å². The van der Waals surface area contributed by atoms with Gasteiger partial charge in [-0.2, -0.15) is 0 Å². The lowest BCUT2D eigenvalue weighted by Crippen LogP contribution is -2.11. The van der Waals surface area contributed by atoms with E-state index in [1.807, 2.05) is 25.1 Å². The maximum Gasteiger partial charge on any atom is 0.120 e. The van der Waals surface area contributed by atoms with E-state index in [9.17, 15) is 0 Å². The molecule has 1 unspecified atom stereocenters. The third kappa shape index (κ3) is 2.77. The van der Waals surface area contributed by atoms with Crippen LogP contribution in [0.15, 0.2) is 22.7 Å². The second-order valence-corrected chi connectivity index (χ2v) is 5.35. The van der Waals surface area contributed by atoms with Crippen LogP contribution < -0.4 is 10.5 Å². The van der Waals surface area contributed by atoms with Crippen molar-refractivity contribution in [3.63, 3.8) is 0 Å². The molecule has 1 aromatic carbocycles. The van der Waals surface area contributed by atoms with Crippen molar-refractivity contribution in [3.05, 3.63) is 28.2 Å². The SMILES string of the molecule is CC(N)c1ccc(OC2CCCC2)cc1Br. The first kappa shape index (κ1) is 11.9. The minimum absolute atomic E-state index is 0.0508. The molecule has 3 heteroatoms. The van der Waals surface area contributed by atoms with Crippen molar-refractivity contribution in [2.45, 2.75) is 44.8 Å². The summed E-state index contributed by atoms with van der Waals surface area (Å²) in [6.07, 6.45) is 5.38. The Balaban J connectivity index is 2.08. The van der Waals surface area contributed by atoms with Gasteiger partial charge >= 0.3 is 0 Å². The quantitative estimate of drug-likeness (QED) is 0.916. The van der Waals surface area contributed by atoms with Gasteiger partial charge in [0.25, 0.3) is 0 Å². The number of nitrogens with two attached hydrogens (primary N) is 1. The molecule has 0 bridgehead atoms. The van der Waals surface area contributed by atoms with E-state index in [0.717, 1.165) is 15.8 Å². The van der Waals surface area contributed by atoms with Crippen LogP contribution in [0.3, 0.4) is 0 Å². The van der Waals surface area contributed by atoms with Gasteiger partial charge in [-0.05, 0) is 50.3 Å². The highest BCUT2D eigenvalue weighted by molar-refractivity contribution is 9.10. The molecule has 0 spiro atoms. The second kappa shape index (κ2) is 5.19. The summed E-state index contributed by atoms with van der Waals surface area (Å²) in [5.74, 6) is 0.947. The average molecular weight is 284 g/mol. The number of halogens is 1. The molecule has 0 amide bonds. The monoisotopic (exact) mass is 283 g/mol. The van der Waals surface area contributed by atoms with Gasteiger partial charge in [0.1, 0.15) is 5.75 Å². The fourth-order valence-electron chi connectivity index (χ4n) is 2.15. The van der Waals surface area contributed by atoms with Gasteiger partial charge in [-0.3, -0.25) is 0 Å². The Kier molecular flexibility index (Phi) is 3.87. The topological polar surface area (TPSA) is 35.2 Å². The lowest BCUT2D eigenvalue weighted by molar-refractivity contribution is 0.210. The van der Waals surface area contributed by atoms with E-state index in [0.29, 0.717) is 6.10 Å². The molecule has 0 heterocycles. The Morgan fingerprint density at radius 3 is 2.62 bits per heavy atom. The minimum atomic E-state index is 0.0508. The van der Waals surface area contributed by atoms with Crippen molar-refractivity contribution < 1.29 is 4.74 Å². The van der Waals surface area contributed by atoms with Crippen LogP contribution >= 0.6 is 15.9 Å². The van der Waals surface area contributed by atoms with Gasteiger partial charge in [0.15, 0.2) is 0 Å². The first-order valence-electron chi connectivity index (χ1n) is 5.88. The molecular formula is C13H18BrNO. The maximum atomic E-state index is 5.92. The van der Waals surface area contributed by atoms with E-state index in [1.165, 1.54) is 25.7 Å². The molecule has 1 atom stereocenters. The van der Waals surface area contributed by atoms with Gasteiger partial charge in [-0.15, -0.1) is 0 Å². The largest absolute Gasteiger partial charge is 0.490 e. The van der Waals surface area contributed by atoms with Gasteiger partial charge in [0.05, 0.1) is 6.10 Å². The summed E-state index contributed by atoms with van der Waals surface area (Å²) in [5.41, 5.74) is 6.98. The van der Waals surface area contributed by atoms with Crippen molar-refractivity contribution in [3.8, 4) is 5.75 Å². The van der Waals surface area contributed by atoms with E-state index in [2.05, 4.69) is 15.9 Å². The fourth-order valence-corrected chi connectivity index (χ4v) is 2.87. The minimum Gasteiger partial charge on any atom is -0.490 e. The van der Waals surface area contributed by atoms with Crippen LogP contribution in [0.1, 0.15) is 44.2 Å². The van der Waals surface area contributed by atoms with E-state index in [4.69, 9.17) is 10.5 Å². The maximum absolute atomic E-state index is 5.92. The lowest BCUT2D eigenvalue weighted by Gasteiger charge is -2.15. The van der Waals surface area contributed by atoms with Crippen molar-refractivity contribution >= 4 is 15.9 Å². The number of ether oxygens (including phenoxy) is 1. The summed E-state index contributed by atoms with van der Waals surface area (Å²) in [4.78, 5) is 0. The predicted octanol–water partition coefficient (Wildman–Crippen LogP) is 3.79. The molecular weight excluding hydrogens is 266 g/mol. The smallest absolute Gasteiger partial charge is 0.120 e. The molecule has 88 valence electrons. The molecule has 1 saturated carbocycles. The molecule has 1 fully saturated rings. The summed E-state index contributed by atoms with van der Waals surface area (Å²) < 4.78 is 6.96. The Hall–Kier alpha value is -0.540. The molecule has 0 aromatic heterocycles. The van der Waals surface area contributed by atoms with Crippen LogP contribution in [0.5, 0.6) is 5.75 Å². The normalized spacial score (nSPS) is 18.7. The average Bonchev–Trinajstić information content (AvgIpc) is 2.70. The third-order valence-corrected chi connectivity index (χ3v) is 3.75. The number of hydrogen-bond donors (Lipinski definition) is 1. The first-order valence-corrected chi connectivity index (χ1v) is 6.68. The Bertz CT molecular complexity index is 359. The van der Waals surface area contributed by atoms with E-state index in [-0.39, 0.29) is 6.04 Å². The Labute approximate surface area is 105 Å². The molecule has 0 saturated heterocycles. The number of hydrogen-bond acceptors (Lipinski definition) is 2. The highest BCUT2D eigenvalue weighted by Gasteiger charge is 2.17. The zero-order valence-corrected chi connectivity index (χ0v) is 11.2. The molecule has 0 aliphatic heterocycles. The standard InChI is InChI=1S/C13H18BrNO/c1-9(15)12-7-6-11(8-13(12)14)16-10-4-2-3-5-10/h6-10H,2-5,15H2,1H3. The molecule has 2 rings (SSSR count). The summed E-state index contributed by atoms with van der Waals surface area (Å²) in [5, 5.41) is 0. The fraction of sp³-hybridized carbons (Fsp3) is 0.538. The molecule has 0 radical (unpaired) electrons. The summed E-state index contributed by atoms with van der Waals surface area (Å²) in [6.45, 7) is 1.98. The van der Waals surface area contributed by atoms with Gasteiger partial charge < -0.3 is 10.5 Å². The Morgan fingerprint density at radius 1 is 1.38 bits per heavy atom. The second-order valence-electron chi connectivity index (χ2n) is 4.50. The van der Waals surface area contributed by atoms with E-state index >= 15 is 0 Å². The summed E-state index contributed by atoms with van der Waals surface area (Å²) >= 11 is 3.54. The molecule has 2 nitrogen and oxygen atoms in total. The van der Waals surface area contributed by atoms with Crippen molar-refractivity contribution in [2.75, 3.05) is 0 Å². The van der Waals surface area contributed by atoms with E-state index < -0.39 is 0 Å². The summed E-state index contributed by atoms with van der Waals surface area (Å²) in [7, 11) is 0. The van der Waals surface area contributed by atoms with Gasteiger partial charge in [-0.1, -0.05) is 22.0 Å². The summed E-state index contributed by atoms with van der Waals surface area (Å²) in [6, 6.07) is 6.13. The highest BCUT2D eigenvalue weighted by atomic mass is 79.9. The van der Waals surface area contributed by atoms with Crippen molar-refractivity contribution in [1.29, 1.82) is 0 Å². The van der Waals surface area contributed by atoms with Crippen LogP contribution in [-0.2, 0) is 0 Å². The molecule has 1 aromatic rings. The number of rotatable bonds is 3. The predicted molar refractivity (Wildman–Crippen MR) is 69.6 cm³/mol. The molecule has 16 heavy (non-hydrogen) atoms. The van der Waals surface area contributed by atoms with Crippen LogP contribution in [0.25, 0.3) is 0 Å². The van der Waals surface area contributed by atoms with Crippen molar-refractivity contribution in [1.82, 2.24) is 0 Å². The van der Waals surface area contributed by atoms with Crippen LogP contribution in [0, 0.1) is 0 Å². The molecule has 1 aliphatic carbocycles. The molecule has 2 N–H and O–H groups in total. The first-order chi connectivity index (χ1) is 7.66. The van der Waals surface area contributed by atoms with Crippen molar-refractivity contribution in [2.24, 2.45) is 5.73 Å². The lowest BCUT2D eigenvalue weighted by atomic mass is 10.1. The Morgan fingerprint density at radius 2 is 2.06 bits per heavy atom. The van der Waals surface area contributed by atoms with Crippen LogP contribution in [0.2, 0.25) is 0 Å². The third-order valence-electron chi connectivity index (χ3n) is 3.07. The van der Waals surface area contributed by atoms with Gasteiger partial charge in [0, 0.05) is 10.5 Å². The molecule has 1 aliphatic rings. The van der Waals surface area contributed by atoms with Gasteiger partial charge in [0.2, 0.25) is 0 Å². The van der Waals surface area contributed by atoms with Crippen LogP contribution in [-0.4, -0.2) is 6.10 Å². The van der Waals surface area contributed by atoms with E-state index in [1.54, 1.807) is 0 Å². The highest BCUT2D eigenvalue weighted by Crippen LogP contribution is 2.29. The number of benzene rings is 1. The zero-order valence-electron chi connectivity index (χ0n) is 9.58. The van der Waals surface area contributed by atoms with Gasteiger partial charge in [-0.25, -0.2) is 0 Å².